The van der Waals surface area contributed by atoms with Gasteiger partial charge in [0.25, 0.3) is 11.9 Å². The Morgan fingerprint density at radius 1 is 1.00 bits per heavy atom. The Balaban J connectivity index is 2.42. The standard InChI is InChI=1S/C10H3ClF4N2O/c11-5-2-1-4(3-16-5)18-8-6(12)9(14)17-10(15)7(8)13/h1-3H. The molecular weight excluding hydrogens is 276 g/mol. The molecule has 0 saturated carbocycles. The number of hydrogen-bond acceptors (Lipinski definition) is 3. The first-order valence-electron chi connectivity index (χ1n) is 4.48. The van der Waals surface area contributed by atoms with Gasteiger partial charge in [-0.05, 0) is 12.1 Å². The lowest BCUT2D eigenvalue weighted by Gasteiger charge is -2.07. The predicted octanol–water partition coefficient (Wildman–Crippen LogP) is 3.48. The van der Waals surface area contributed by atoms with Gasteiger partial charge in [0.1, 0.15) is 10.9 Å². The van der Waals surface area contributed by atoms with Gasteiger partial charge in [-0.1, -0.05) is 11.6 Å². The van der Waals surface area contributed by atoms with Crippen molar-refractivity contribution in [1.82, 2.24) is 9.97 Å². The molecule has 0 bridgehead atoms. The highest BCUT2D eigenvalue weighted by Crippen LogP contribution is 2.29. The summed E-state index contributed by atoms with van der Waals surface area (Å²) < 4.78 is 56.6. The minimum Gasteiger partial charge on any atom is -0.449 e. The molecule has 2 aromatic rings. The second-order valence-corrected chi connectivity index (χ2v) is 3.46. The quantitative estimate of drug-likeness (QED) is 0.623. The average molecular weight is 279 g/mol. The van der Waals surface area contributed by atoms with Gasteiger partial charge in [-0.15, -0.1) is 0 Å². The number of aromatic nitrogens is 2. The van der Waals surface area contributed by atoms with Crippen LogP contribution in [-0.2, 0) is 0 Å². The lowest BCUT2D eigenvalue weighted by Crippen LogP contribution is -2.03. The molecule has 0 radical (unpaired) electrons. The summed E-state index contributed by atoms with van der Waals surface area (Å²) in [6, 6.07) is 2.51. The molecule has 8 heteroatoms. The van der Waals surface area contributed by atoms with Gasteiger partial charge in [-0.3, -0.25) is 0 Å². The molecule has 2 heterocycles. The van der Waals surface area contributed by atoms with E-state index in [1.807, 2.05) is 0 Å². The molecule has 0 aliphatic heterocycles. The molecule has 0 N–H and O–H groups in total. The Morgan fingerprint density at radius 2 is 1.61 bits per heavy atom. The van der Waals surface area contributed by atoms with Crippen molar-refractivity contribution in [3.8, 4) is 11.5 Å². The summed E-state index contributed by atoms with van der Waals surface area (Å²) in [7, 11) is 0. The Kier molecular flexibility index (Phi) is 3.33. The first kappa shape index (κ1) is 12.6. The third-order valence-electron chi connectivity index (χ3n) is 1.88. The Labute approximate surface area is 103 Å². The van der Waals surface area contributed by atoms with E-state index in [-0.39, 0.29) is 10.9 Å². The van der Waals surface area contributed by atoms with E-state index in [4.69, 9.17) is 11.6 Å². The molecule has 0 fully saturated rings. The Morgan fingerprint density at radius 3 is 2.11 bits per heavy atom. The van der Waals surface area contributed by atoms with Gasteiger partial charge in [0.15, 0.2) is 0 Å². The first-order valence-corrected chi connectivity index (χ1v) is 4.86. The zero-order valence-corrected chi connectivity index (χ0v) is 9.18. The fourth-order valence-corrected chi connectivity index (χ4v) is 1.21. The molecule has 0 atom stereocenters. The van der Waals surface area contributed by atoms with Crippen LogP contribution in [0.3, 0.4) is 0 Å². The van der Waals surface area contributed by atoms with E-state index in [1.165, 1.54) is 12.1 Å². The van der Waals surface area contributed by atoms with Crippen LogP contribution in [-0.4, -0.2) is 9.97 Å². The predicted molar refractivity (Wildman–Crippen MR) is 53.4 cm³/mol. The second-order valence-electron chi connectivity index (χ2n) is 3.07. The average Bonchev–Trinajstić information content (AvgIpc) is 2.34. The molecule has 0 spiro atoms. The van der Waals surface area contributed by atoms with Crippen molar-refractivity contribution in [3.63, 3.8) is 0 Å². The first-order chi connectivity index (χ1) is 8.49. The minimum atomic E-state index is -1.80. The third-order valence-corrected chi connectivity index (χ3v) is 2.10. The molecule has 0 aromatic carbocycles. The van der Waals surface area contributed by atoms with E-state index in [9.17, 15) is 17.6 Å². The molecule has 3 nitrogen and oxygen atoms in total. The van der Waals surface area contributed by atoms with Crippen LogP contribution in [0, 0.1) is 23.5 Å². The molecule has 18 heavy (non-hydrogen) atoms. The van der Waals surface area contributed by atoms with Crippen LogP contribution in [0.15, 0.2) is 18.3 Å². The summed E-state index contributed by atoms with van der Waals surface area (Å²) in [6.07, 6.45) is 1.04. The number of ether oxygens (including phenoxy) is 1. The van der Waals surface area contributed by atoms with Crippen LogP contribution in [0.25, 0.3) is 0 Å². The summed E-state index contributed by atoms with van der Waals surface area (Å²) in [6.45, 7) is 0. The van der Waals surface area contributed by atoms with Gasteiger partial charge < -0.3 is 4.74 Å². The van der Waals surface area contributed by atoms with Gasteiger partial charge in [-0.25, -0.2) is 4.98 Å². The molecule has 94 valence electrons. The van der Waals surface area contributed by atoms with E-state index in [2.05, 4.69) is 14.7 Å². The number of rotatable bonds is 2. The highest BCUT2D eigenvalue weighted by Gasteiger charge is 2.22. The normalized spacial score (nSPS) is 10.5. The van der Waals surface area contributed by atoms with Crippen LogP contribution in [0.5, 0.6) is 11.5 Å². The van der Waals surface area contributed by atoms with Crippen molar-refractivity contribution >= 4 is 11.6 Å². The van der Waals surface area contributed by atoms with Crippen LogP contribution >= 0.6 is 11.6 Å². The number of nitrogens with zero attached hydrogens (tertiary/aromatic N) is 2. The molecule has 0 saturated heterocycles. The third kappa shape index (κ3) is 2.35. The summed E-state index contributed by atoms with van der Waals surface area (Å²) in [5.41, 5.74) is 0. The maximum atomic E-state index is 13.2. The molecule has 2 rings (SSSR count). The highest BCUT2D eigenvalue weighted by molar-refractivity contribution is 6.29. The molecular formula is C10H3ClF4N2O. The van der Waals surface area contributed by atoms with E-state index in [0.29, 0.717) is 0 Å². The Hall–Kier alpha value is -1.89. The summed E-state index contributed by atoms with van der Waals surface area (Å²) >= 11 is 5.48. The van der Waals surface area contributed by atoms with Crippen molar-refractivity contribution in [2.75, 3.05) is 0 Å². The maximum absolute atomic E-state index is 13.2. The van der Waals surface area contributed by atoms with E-state index < -0.39 is 29.3 Å². The zero-order chi connectivity index (χ0) is 13.3. The van der Waals surface area contributed by atoms with Gasteiger partial charge >= 0.3 is 0 Å². The largest absolute Gasteiger partial charge is 0.449 e. The topological polar surface area (TPSA) is 35.0 Å². The van der Waals surface area contributed by atoms with E-state index in [0.717, 1.165) is 6.20 Å². The minimum absolute atomic E-state index is 0.121. The van der Waals surface area contributed by atoms with Crippen LogP contribution in [0.2, 0.25) is 5.15 Å². The molecule has 0 unspecified atom stereocenters. The summed E-state index contributed by atoms with van der Waals surface area (Å²) in [4.78, 5) is 5.96. The zero-order valence-electron chi connectivity index (χ0n) is 8.42. The maximum Gasteiger partial charge on any atom is 0.255 e. The van der Waals surface area contributed by atoms with Crippen LogP contribution in [0.1, 0.15) is 0 Å². The van der Waals surface area contributed by atoms with Crippen LogP contribution < -0.4 is 4.74 Å². The van der Waals surface area contributed by atoms with Crippen molar-refractivity contribution in [1.29, 1.82) is 0 Å². The lowest BCUT2D eigenvalue weighted by molar-refractivity contribution is 0.342. The molecule has 2 aromatic heterocycles. The van der Waals surface area contributed by atoms with Crippen molar-refractivity contribution in [2.24, 2.45) is 0 Å². The highest BCUT2D eigenvalue weighted by atomic mass is 35.5. The monoisotopic (exact) mass is 278 g/mol. The van der Waals surface area contributed by atoms with Gasteiger partial charge in [-0.2, -0.15) is 22.5 Å². The molecule has 0 aliphatic carbocycles. The van der Waals surface area contributed by atoms with Crippen LogP contribution in [0.4, 0.5) is 17.6 Å². The SMILES string of the molecule is Fc1nc(F)c(F)c(Oc2ccc(Cl)nc2)c1F. The van der Waals surface area contributed by atoms with Gasteiger partial charge in [0.2, 0.25) is 17.4 Å². The summed E-state index contributed by atoms with van der Waals surface area (Å²) in [5.74, 6) is -8.43. The fraction of sp³-hybridized carbons (Fsp3) is 0. The van der Waals surface area contributed by atoms with E-state index >= 15 is 0 Å². The van der Waals surface area contributed by atoms with E-state index in [1.54, 1.807) is 0 Å². The van der Waals surface area contributed by atoms with Gasteiger partial charge in [0, 0.05) is 0 Å². The fourth-order valence-electron chi connectivity index (χ4n) is 1.10. The van der Waals surface area contributed by atoms with Gasteiger partial charge in [0.05, 0.1) is 6.20 Å². The second kappa shape index (κ2) is 4.77. The Bertz CT molecular complexity index is 565. The van der Waals surface area contributed by atoms with Crippen molar-refractivity contribution < 1.29 is 22.3 Å². The molecule has 0 amide bonds. The smallest absolute Gasteiger partial charge is 0.255 e. The number of hydrogen-bond donors (Lipinski definition) is 0. The number of pyridine rings is 2. The molecule has 0 aliphatic rings. The van der Waals surface area contributed by atoms with Crippen molar-refractivity contribution in [2.45, 2.75) is 0 Å². The summed E-state index contributed by atoms with van der Waals surface area (Å²) in [5, 5.41) is 0.121. The lowest BCUT2D eigenvalue weighted by atomic mass is 10.4. The van der Waals surface area contributed by atoms with Crippen molar-refractivity contribution in [3.05, 3.63) is 47.0 Å². The number of halogens is 5.